The molecule has 1 aromatic carbocycles. The van der Waals surface area contributed by atoms with Gasteiger partial charge in [0.15, 0.2) is 0 Å². The van der Waals surface area contributed by atoms with Gasteiger partial charge in [0, 0.05) is 56.8 Å². The number of nitrogens with zero attached hydrogens (tertiary/aromatic N) is 4. The Kier molecular flexibility index (Phi) is 7.11. The van der Waals surface area contributed by atoms with Crippen LogP contribution in [-0.2, 0) is 28.4 Å². The molecule has 2 aromatic heterocycles. The van der Waals surface area contributed by atoms with Crippen molar-refractivity contribution in [1.29, 1.82) is 0 Å². The van der Waals surface area contributed by atoms with Crippen LogP contribution in [0.4, 0.5) is 0 Å². The Morgan fingerprint density at radius 2 is 1.89 bits per heavy atom. The molecule has 2 saturated heterocycles. The summed E-state index contributed by atoms with van der Waals surface area (Å²) in [4.78, 5) is 29.6. The fourth-order valence-corrected chi connectivity index (χ4v) is 7.82. The van der Waals surface area contributed by atoms with Gasteiger partial charge in [-0.15, -0.1) is 11.3 Å². The number of carbonyl (C=O) groups is 1. The number of likely N-dealkylation sites (tertiary alicyclic amines) is 1. The molecule has 0 bridgehead atoms. The molecular weight excluding hydrogens is 504 g/mol. The number of ether oxygens (including phenoxy) is 1. The van der Waals surface area contributed by atoms with Crippen molar-refractivity contribution in [2.24, 2.45) is 11.8 Å². The van der Waals surface area contributed by atoms with E-state index in [0.29, 0.717) is 16.7 Å². The first-order valence-electron chi connectivity index (χ1n) is 13.4. The van der Waals surface area contributed by atoms with Crippen molar-refractivity contribution in [2.75, 3.05) is 26.0 Å². The third kappa shape index (κ3) is 5.49. The maximum Gasteiger partial charge on any atom is 0.253 e. The van der Waals surface area contributed by atoms with Gasteiger partial charge in [0.25, 0.3) is 5.91 Å². The minimum atomic E-state index is -1.04. The second kappa shape index (κ2) is 10.5. The fraction of sp³-hybridized carbons (Fsp3) is 0.571. The first-order valence-corrected chi connectivity index (χ1v) is 15.8. The van der Waals surface area contributed by atoms with Crippen molar-refractivity contribution in [1.82, 2.24) is 19.9 Å². The van der Waals surface area contributed by atoms with Crippen LogP contribution in [0.3, 0.4) is 0 Å². The molecule has 1 aliphatic carbocycles. The summed E-state index contributed by atoms with van der Waals surface area (Å²) < 4.78 is 18.7. The van der Waals surface area contributed by atoms with Gasteiger partial charge in [-0.1, -0.05) is 0 Å². The molecule has 3 aromatic rings. The van der Waals surface area contributed by atoms with Crippen LogP contribution >= 0.6 is 11.3 Å². The summed E-state index contributed by atoms with van der Waals surface area (Å²) in [7, 11) is -1.04. The molecule has 4 heterocycles. The minimum Gasteiger partial charge on any atom is -0.375 e. The Morgan fingerprint density at radius 3 is 2.59 bits per heavy atom. The summed E-state index contributed by atoms with van der Waals surface area (Å²) in [6, 6.07) is 5.99. The topological polar surface area (TPSA) is 85.3 Å². The average Bonchev–Trinajstić information content (AvgIpc) is 3.64. The average molecular weight is 539 g/mol. The van der Waals surface area contributed by atoms with E-state index >= 15 is 0 Å². The highest BCUT2D eigenvalue weighted by Crippen LogP contribution is 2.38. The SMILES string of the molecule is CS(=O)c1cnc(C[C@H]2CC[C@H](Cc3nc4ccc(C(=O)N5CCC6(CCCO6)CC5)cc4s3)C2)nc1. The Balaban J connectivity index is 1.05. The summed E-state index contributed by atoms with van der Waals surface area (Å²) in [6.07, 6.45) is 14.6. The molecule has 3 atom stereocenters. The maximum atomic E-state index is 13.2. The smallest absolute Gasteiger partial charge is 0.253 e. The van der Waals surface area contributed by atoms with Crippen molar-refractivity contribution in [2.45, 2.75) is 68.3 Å². The lowest BCUT2D eigenvalue weighted by Crippen LogP contribution is -2.46. The van der Waals surface area contributed by atoms with Crippen molar-refractivity contribution in [3.05, 3.63) is 47.0 Å². The summed E-state index contributed by atoms with van der Waals surface area (Å²) >= 11 is 1.73. The molecule has 1 unspecified atom stereocenters. The molecule has 6 rings (SSSR count). The normalized spacial score (nSPS) is 24.2. The highest BCUT2D eigenvalue weighted by atomic mass is 32.2. The molecule has 1 saturated carbocycles. The van der Waals surface area contributed by atoms with Crippen molar-refractivity contribution in [3.63, 3.8) is 0 Å². The lowest BCUT2D eigenvalue weighted by Gasteiger charge is -2.38. The predicted octanol–water partition coefficient (Wildman–Crippen LogP) is 4.81. The fourth-order valence-electron chi connectivity index (χ4n) is 6.29. The Morgan fingerprint density at radius 1 is 1.14 bits per heavy atom. The second-order valence-electron chi connectivity index (χ2n) is 11.0. The van der Waals surface area contributed by atoms with Gasteiger partial charge >= 0.3 is 0 Å². The largest absolute Gasteiger partial charge is 0.375 e. The third-order valence-electron chi connectivity index (χ3n) is 8.42. The molecule has 196 valence electrons. The van der Waals surface area contributed by atoms with Gasteiger partial charge in [-0.2, -0.15) is 0 Å². The van der Waals surface area contributed by atoms with Crippen LogP contribution in [0.2, 0.25) is 0 Å². The van der Waals surface area contributed by atoms with Crippen LogP contribution in [0.5, 0.6) is 0 Å². The molecule has 0 radical (unpaired) electrons. The highest BCUT2D eigenvalue weighted by molar-refractivity contribution is 7.84. The zero-order valence-corrected chi connectivity index (χ0v) is 23.0. The van der Waals surface area contributed by atoms with Crippen molar-refractivity contribution >= 4 is 38.3 Å². The first-order chi connectivity index (χ1) is 18.0. The van der Waals surface area contributed by atoms with E-state index in [0.717, 1.165) is 91.3 Å². The second-order valence-corrected chi connectivity index (χ2v) is 13.5. The molecule has 0 N–H and O–H groups in total. The van der Waals surface area contributed by atoms with E-state index in [1.54, 1.807) is 30.0 Å². The van der Waals surface area contributed by atoms with Gasteiger partial charge in [0.1, 0.15) is 5.82 Å². The van der Waals surface area contributed by atoms with Crippen LogP contribution in [0, 0.1) is 11.8 Å². The molecule has 37 heavy (non-hydrogen) atoms. The number of thiazole rings is 1. The number of fused-ring (bicyclic) bond motifs is 1. The first kappa shape index (κ1) is 25.1. The maximum absolute atomic E-state index is 13.2. The molecular formula is C28H34N4O3S2. The van der Waals surface area contributed by atoms with Crippen LogP contribution in [0.1, 0.15) is 66.1 Å². The van der Waals surface area contributed by atoms with E-state index in [-0.39, 0.29) is 11.5 Å². The predicted molar refractivity (Wildman–Crippen MR) is 145 cm³/mol. The highest BCUT2D eigenvalue weighted by Gasteiger charge is 2.39. The molecule has 1 amide bonds. The van der Waals surface area contributed by atoms with Gasteiger partial charge < -0.3 is 9.64 Å². The molecule has 2 aliphatic heterocycles. The number of piperidine rings is 1. The number of amides is 1. The van der Waals surface area contributed by atoms with E-state index in [4.69, 9.17) is 9.72 Å². The van der Waals surface area contributed by atoms with Crippen molar-refractivity contribution < 1.29 is 13.7 Å². The van der Waals surface area contributed by atoms with E-state index in [2.05, 4.69) is 9.97 Å². The molecule has 1 spiro atoms. The van der Waals surface area contributed by atoms with Gasteiger partial charge in [-0.3, -0.25) is 9.00 Å². The Bertz CT molecular complexity index is 1290. The number of hydrogen-bond acceptors (Lipinski definition) is 7. The van der Waals surface area contributed by atoms with Crippen LogP contribution in [0.15, 0.2) is 35.5 Å². The van der Waals surface area contributed by atoms with Gasteiger partial charge in [-0.25, -0.2) is 15.0 Å². The van der Waals surface area contributed by atoms with Crippen LogP contribution < -0.4 is 0 Å². The van der Waals surface area contributed by atoms with Gasteiger partial charge in [0.05, 0.1) is 36.5 Å². The number of benzene rings is 1. The van der Waals surface area contributed by atoms with Crippen molar-refractivity contribution in [3.8, 4) is 0 Å². The molecule has 3 aliphatic rings. The van der Waals surface area contributed by atoms with E-state index in [1.165, 1.54) is 12.8 Å². The quantitative estimate of drug-likeness (QED) is 0.448. The lowest BCUT2D eigenvalue weighted by atomic mass is 9.88. The minimum absolute atomic E-state index is 0.0286. The number of carbonyl (C=O) groups excluding carboxylic acids is 1. The molecule has 3 fully saturated rings. The van der Waals surface area contributed by atoms with Gasteiger partial charge in [-0.05, 0) is 75.0 Å². The summed E-state index contributed by atoms with van der Waals surface area (Å²) in [5.41, 5.74) is 1.79. The van der Waals surface area contributed by atoms with E-state index < -0.39 is 10.8 Å². The molecule has 7 nitrogen and oxygen atoms in total. The van der Waals surface area contributed by atoms with Crippen LogP contribution in [-0.4, -0.2) is 61.5 Å². The summed E-state index contributed by atoms with van der Waals surface area (Å²) in [6.45, 7) is 2.42. The standard InChI is InChI=1S/C28H34N4O3S2/c1-37(34)22-17-29-25(30-18-22)14-19-3-4-20(13-19)15-26-31-23-6-5-21(16-24(23)36-26)27(33)32-10-8-28(9-11-32)7-2-12-35-28/h5-6,16-20H,2-4,7-15H2,1H3/t19-,20-,37?/m0/s1. The van der Waals surface area contributed by atoms with Crippen LogP contribution in [0.25, 0.3) is 10.2 Å². The Hall–Kier alpha value is -2.23. The zero-order valence-electron chi connectivity index (χ0n) is 21.4. The van der Waals surface area contributed by atoms with E-state index in [9.17, 15) is 9.00 Å². The number of aromatic nitrogens is 3. The third-order valence-corrected chi connectivity index (χ3v) is 10.3. The number of hydrogen-bond donors (Lipinski definition) is 0. The van der Waals surface area contributed by atoms with E-state index in [1.807, 2.05) is 23.1 Å². The monoisotopic (exact) mass is 538 g/mol. The summed E-state index contributed by atoms with van der Waals surface area (Å²) in [5, 5.41) is 1.16. The zero-order chi connectivity index (χ0) is 25.4. The van der Waals surface area contributed by atoms with Gasteiger partial charge in [0.2, 0.25) is 0 Å². The number of rotatable bonds is 6. The Labute approximate surface area is 224 Å². The lowest BCUT2D eigenvalue weighted by molar-refractivity contribution is -0.0387. The summed E-state index contributed by atoms with van der Waals surface area (Å²) in [5.74, 6) is 2.17. The molecule has 9 heteroatoms.